The number of H-pyrrole nitrogens is 1. The quantitative estimate of drug-likeness (QED) is 0.800. The first-order chi connectivity index (χ1) is 8.40. The van der Waals surface area contributed by atoms with Crippen molar-refractivity contribution in [1.29, 1.82) is 0 Å². The van der Waals surface area contributed by atoms with Crippen LogP contribution in [-0.4, -0.2) is 16.5 Å². The maximum absolute atomic E-state index is 11.1. The molecule has 0 bridgehead atoms. The van der Waals surface area contributed by atoms with Crippen LogP contribution in [0.25, 0.3) is 10.9 Å². The Morgan fingerprint density at radius 3 is 2.82 bits per heavy atom. The first-order valence-electron chi connectivity index (χ1n) is 6.32. The van der Waals surface area contributed by atoms with Crippen LogP contribution in [-0.2, 0) is 0 Å². The lowest BCUT2D eigenvalue weighted by atomic mass is 9.85. The Morgan fingerprint density at radius 2 is 2.06 bits per heavy atom. The van der Waals surface area contributed by atoms with E-state index in [0.29, 0.717) is 5.92 Å². The number of aromatic nitrogens is 2. The molecule has 1 heterocycles. The van der Waals surface area contributed by atoms with Gasteiger partial charge in [-0.25, -0.2) is 0 Å². The third kappa shape index (κ3) is 1.75. The highest BCUT2D eigenvalue weighted by Gasteiger charge is 2.21. The molecule has 1 aromatic carbocycles. The van der Waals surface area contributed by atoms with Gasteiger partial charge in [0.15, 0.2) is 6.29 Å². The first kappa shape index (κ1) is 10.5. The predicted molar refractivity (Wildman–Crippen MR) is 67.3 cm³/mol. The third-order valence-corrected chi connectivity index (χ3v) is 3.78. The summed E-state index contributed by atoms with van der Waals surface area (Å²) in [4.78, 5) is 11.1. The van der Waals surface area contributed by atoms with Crippen LogP contribution in [0.15, 0.2) is 18.2 Å². The number of hydrogen-bond donors (Lipinski definition) is 1. The molecule has 3 nitrogen and oxygen atoms in total. The SMILES string of the molecule is O=Cc1cccc2n[nH]c(C3CCCCC3)c12. The molecule has 3 rings (SSSR count). The smallest absolute Gasteiger partial charge is 0.150 e. The van der Waals surface area contributed by atoms with Gasteiger partial charge in [-0.15, -0.1) is 0 Å². The van der Waals surface area contributed by atoms with Gasteiger partial charge in [0, 0.05) is 22.6 Å². The number of aromatic amines is 1. The highest BCUT2D eigenvalue weighted by atomic mass is 16.1. The fourth-order valence-corrected chi connectivity index (χ4v) is 2.91. The second-order valence-electron chi connectivity index (χ2n) is 4.83. The van der Waals surface area contributed by atoms with Gasteiger partial charge in [0.25, 0.3) is 0 Å². The Balaban J connectivity index is 2.12. The Labute approximate surface area is 100 Å². The zero-order valence-corrected chi connectivity index (χ0v) is 9.78. The van der Waals surface area contributed by atoms with Gasteiger partial charge in [-0.05, 0) is 18.9 Å². The van der Waals surface area contributed by atoms with Gasteiger partial charge < -0.3 is 0 Å². The Hall–Kier alpha value is -1.64. The summed E-state index contributed by atoms with van der Waals surface area (Å²) in [5.41, 5.74) is 2.84. The van der Waals surface area contributed by atoms with Crippen molar-refractivity contribution in [3.63, 3.8) is 0 Å². The van der Waals surface area contributed by atoms with Crippen molar-refractivity contribution in [1.82, 2.24) is 10.2 Å². The highest BCUT2D eigenvalue weighted by Crippen LogP contribution is 2.35. The molecule has 1 aromatic heterocycles. The van der Waals surface area contributed by atoms with Crippen molar-refractivity contribution in [3.05, 3.63) is 29.5 Å². The molecule has 1 aliphatic rings. The maximum atomic E-state index is 11.1. The molecule has 0 radical (unpaired) electrons. The monoisotopic (exact) mass is 228 g/mol. The minimum Gasteiger partial charge on any atom is -0.298 e. The third-order valence-electron chi connectivity index (χ3n) is 3.78. The van der Waals surface area contributed by atoms with E-state index in [2.05, 4.69) is 10.2 Å². The first-order valence-corrected chi connectivity index (χ1v) is 6.32. The van der Waals surface area contributed by atoms with Crippen LogP contribution in [0, 0.1) is 0 Å². The summed E-state index contributed by atoms with van der Waals surface area (Å²) in [5.74, 6) is 0.551. The van der Waals surface area contributed by atoms with Gasteiger partial charge in [-0.3, -0.25) is 9.89 Å². The zero-order chi connectivity index (χ0) is 11.7. The molecule has 1 fully saturated rings. The minimum absolute atomic E-state index is 0.551. The molecule has 1 aliphatic carbocycles. The summed E-state index contributed by atoms with van der Waals surface area (Å²) in [7, 11) is 0. The van der Waals surface area contributed by atoms with Crippen LogP contribution >= 0.6 is 0 Å². The van der Waals surface area contributed by atoms with E-state index in [1.165, 1.54) is 37.8 Å². The van der Waals surface area contributed by atoms with Gasteiger partial charge in [0.05, 0.1) is 5.52 Å². The fraction of sp³-hybridized carbons (Fsp3) is 0.429. The average molecular weight is 228 g/mol. The second-order valence-corrected chi connectivity index (χ2v) is 4.83. The molecule has 0 saturated heterocycles. The van der Waals surface area contributed by atoms with Gasteiger partial charge in [0.1, 0.15) is 0 Å². The normalized spacial score (nSPS) is 17.4. The molecule has 0 atom stereocenters. The van der Waals surface area contributed by atoms with Crippen molar-refractivity contribution < 1.29 is 4.79 Å². The molecule has 3 heteroatoms. The largest absolute Gasteiger partial charge is 0.298 e. The van der Waals surface area contributed by atoms with Crippen LogP contribution in [0.3, 0.4) is 0 Å². The van der Waals surface area contributed by atoms with Gasteiger partial charge in [-0.2, -0.15) is 5.10 Å². The van der Waals surface area contributed by atoms with Crippen molar-refractivity contribution in [2.24, 2.45) is 0 Å². The number of benzene rings is 1. The summed E-state index contributed by atoms with van der Waals surface area (Å²) < 4.78 is 0. The lowest BCUT2D eigenvalue weighted by molar-refractivity contribution is 0.112. The van der Waals surface area contributed by atoms with Crippen molar-refractivity contribution >= 4 is 17.2 Å². The summed E-state index contributed by atoms with van der Waals surface area (Å²) in [5, 5.41) is 8.50. The van der Waals surface area contributed by atoms with Crippen LogP contribution < -0.4 is 0 Å². The Bertz CT molecular complexity index is 538. The van der Waals surface area contributed by atoms with Crippen molar-refractivity contribution in [3.8, 4) is 0 Å². The van der Waals surface area contributed by atoms with Gasteiger partial charge >= 0.3 is 0 Å². The molecule has 88 valence electrons. The highest BCUT2D eigenvalue weighted by molar-refractivity contribution is 5.98. The molecule has 17 heavy (non-hydrogen) atoms. The fourth-order valence-electron chi connectivity index (χ4n) is 2.91. The van der Waals surface area contributed by atoms with Crippen LogP contribution in [0.2, 0.25) is 0 Å². The van der Waals surface area contributed by atoms with Crippen LogP contribution in [0.4, 0.5) is 0 Å². The molecular formula is C14H16N2O. The Kier molecular flexibility index (Phi) is 2.67. The Morgan fingerprint density at radius 1 is 1.24 bits per heavy atom. The van der Waals surface area contributed by atoms with Crippen molar-refractivity contribution in [2.45, 2.75) is 38.0 Å². The minimum atomic E-state index is 0.551. The van der Waals surface area contributed by atoms with E-state index in [1.807, 2.05) is 18.2 Å². The number of nitrogens with zero attached hydrogens (tertiary/aromatic N) is 1. The number of hydrogen-bond acceptors (Lipinski definition) is 2. The van der Waals surface area contributed by atoms with E-state index in [9.17, 15) is 4.79 Å². The number of aldehydes is 1. The molecule has 1 N–H and O–H groups in total. The summed E-state index contributed by atoms with van der Waals surface area (Å²) in [6.45, 7) is 0. The van der Waals surface area contributed by atoms with E-state index in [0.717, 1.165) is 22.8 Å². The number of rotatable bonds is 2. The maximum Gasteiger partial charge on any atom is 0.150 e. The van der Waals surface area contributed by atoms with Gasteiger partial charge in [0.2, 0.25) is 0 Å². The number of nitrogens with one attached hydrogen (secondary N) is 1. The predicted octanol–water partition coefficient (Wildman–Crippen LogP) is 3.42. The van der Waals surface area contributed by atoms with E-state index in [-0.39, 0.29) is 0 Å². The summed E-state index contributed by atoms with van der Waals surface area (Å²) in [6.07, 6.45) is 7.27. The lowest BCUT2D eigenvalue weighted by Crippen LogP contribution is -2.05. The van der Waals surface area contributed by atoms with E-state index >= 15 is 0 Å². The standard InChI is InChI=1S/C14H16N2O/c17-9-11-7-4-8-12-13(11)14(16-15-12)10-5-2-1-3-6-10/h4,7-10H,1-3,5-6H2,(H,15,16). The zero-order valence-electron chi connectivity index (χ0n) is 9.78. The molecule has 2 aromatic rings. The van der Waals surface area contributed by atoms with E-state index in [4.69, 9.17) is 0 Å². The van der Waals surface area contributed by atoms with Crippen molar-refractivity contribution in [2.75, 3.05) is 0 Å². The van der Waals surface area contributed by atoms with E-state index in [1.54, 1.807) is 0 Å². The van der Waals surface area contributed by atoms with Crippen LogP contribution in [0.5, 0.6) is 0 Å². The average Bonchev–Trinajstić information content (AvgIpc) is 2.83. The number of carbonyl (C=O) groups is 1. The number of carbonyl (C=O) groups excluding carboxylic acids is 1. The van der Waals surface area contributed by atoms with E-state index < -0.39 is 0 Å². The molecular weight excluding hydrogens is 212 g/mol. The number of fused-ring (bicyclic) bond motifs is 1. The molecule has 0 spiro atoms. The molecule has 1 saturated carbocycles. The lowest BCUT2D eigenvalue weighted by Gasteiger charge is -2.20. The van der Waals surface area contributed by atoms with Crippen LogP contribution in [0.1, 0.15) is 54.1 Å². The molecule has 0 unspecified atom stereocenters. The second kappa shape index (κ2) is 4.32. The van der Waals surface area contributed by atoms with Gasteiger partial charge in [-0.1, -0.05) is 31.4 Å². The topological polar surface area (TPSA) is 45.8 Å². The summed E-state index contributed by atoms with van der Waals surface area (Å²) >= 11 is 0. The molecule has 0 amide bonds. The summed E-state index contributed by atoms with van der Waals surface area (Å²) in [6, 6.07) is 5.72. The molecule has 0 aliphatic heterocycles.